The maximum Gasteiger partial charge on any atom is 0.157 e. The van der Waals surface area contributed by atoms with Gasteiger partial charge in [0.25, 0.3) is 0 Å². The van der Waals surface area contributed by atoms with Crippen LogP contribution in [0.15, 0.2) is 121 Å². The zero-order valence-electron chi connectivity index (χ0n) is 25.9. The molecule has 0 radical (unpaired) electrons. The van der Waals surface area contributed by atoms with Gasteiger partial charge in [0, 0.05) is 5.39 Å². The number of hydrogen-bond donors (Lipinski definition) is 5. The molecule has 5 N–H and O–H groups in total. The van der Waals surface area contributed by atoms with E-state index >= 15 is 0 Å². The fraction of sp³-hybridized carbons (Fsp3) is 0.150. The van der Waals surface area contributed by atoms with E-state index in [9.17, 15) is 25.5 Å². The van der Waals surface area contributed by atoms with Gasteiger partial charge in [-0.1, -0.05) is 119 Å². The Bertz CT molecular complexity index is 1880. The molecule has 5 nitrogen and oxygen atoms in total. The third-order valence-corrected chi connectivity index (χ3v) is 8.33. The van der Waals surface area contributed by atoms with Crippen LogP contribution in [0.1, 0.15) is 61.4 Å². The highest BCUT2D eigenvalue weighted by molar-refractivity contribution is 5.91. The Labute approximate surface area is 264 Å². The molecular formula is C40H38O5. The van der Waals surface area contributed by atoms with Gasteiger partial charge in [0.05, 0.1) is 5.41 Å². The number of benzene rings is 6. The van der Waals surface area contributed by atoms with Crippen LogP contribution in [-0.2, 0) is 5.41 Å². The van der Waals surface area contributed by atoms with E-state index < -0.39 is 5.41 Å². The standard InChI is InChI=1S/C25H18O4.C13H14O.C2H6/c26-21-11-9-15(13-23(21)28)25(16-10-12-22(27)24(29)14-16)19-7-3-1-5-17(19)18-6-2-4-8-20(18)25;1-9(2)10-7-8-13(14)12-6-4-3-5-11(10)12;1-2/h1-14,26-29H;3-9,14H,1-2H3;1-2H3. The molecule has 5 heteroatoms. The third kappa shape index (κ3) is 5.31. The Hall–Kier alpha value is -5.42. The third-order valence-electron chi connectivity index (χ3n) is 8.33. The normalized spacial score (nSPS) is 12.4. The Balaban J connectivity index is 0.000000210. The van der Waals surface area contributed by atoms with Crippen LogP contribution < -0.4 is 0 Å². The van der Waals surface area contributed by atoms with Crippen molar-refractivity contribution in [2.75, 3.05) is 0 Å². The van der Waals surface area contributed by atoms with E-state index in [2.05, 4.69) is 32.0 Å². The second kappa shape index (κ2) is 12.7. The molecule has 1 aliphatic rings. The summed E-state index contributed by atoms with van der Waals surface area (Å²) in [4.78, 5) is 0. The Kier molecular flexibility index (Phi) is 8.73. The first kappa shape index (κ1) is 31.0. The monoisotopic (exact) mass is 598 g/mol. The van der Waals surface area contributed by atoms with Crippen LogP contribution >= 0.6 is 0 Å². The van der Waals surface area contributed by atoms with Gasteiger partial charge < -0.3 is 25.5 Å². The quantitative estimate of drug-likeness (QED) is 0.130. The predicted octanol–water partition coefficient (Wildman–Crippen LogP) is 9.57. The zero-order valence-corrected chi connectivity index (χ0v) is 25.9. The highest BCUT2D eigenvalue weighted by atomic mass is 16.3. The molecule has 0 unspecified atom stereocenters. The van der Waals surface area contributed by atoms with Crippen LogP contribution in [0.25, 0.3) is 21.9 Å². The summed E-state index contributed by atoms with van der Waals surface area (Å²) in [6, 6.07) is 37.4. The van der Waals surface area contributed by atoms with E-state index in [1.807, 2.05) is 74.5 Å². The van der Waals surface area contributed by atoms with Crippen LogP contribution in [-0.4, -0.2) is 25.5 Å². The molecule has 6 aromatic carbocycles. The molecule has 7 rings (SSSR count). The van der Waals surface area contributed by atoms with E-state index in [0.29, 0.717) is 11.7 Å². The van der Waals surface area contributed by atoms with Crippen LogP contribution in [0.5, 0.6) is 28.7 Å². The first-order valence-electron chi connectivity index (χ1n) is 15.2. The van der Waals surface area contributed by atoms with E-state index in [4.69, 9.17) is 0 Å². The lowest BCUT2D eigenvalue weighted by atomic mass is 9.67. The highest BCUT2D eigenvalue weighted by Crippen LogP contribution is 2.57. The summed E-state index contributed by atoms with van der Waals surface area (Å²) >= 11 is 0. The molecule has 0 atom stereocenters. The maximum absolute atomic E-state index is 10.3. The molecule has 0 amide bonds. The van der Waals surface area contributed by atoms with E-state index in [0.717, 1.165) is 44.2 Å². The molecule has 45 heavy (non-hydrogen) atoms. The Morgan fingerprint density at radius 1 is 0.444 bits per heavy atom. The van der Waals surface area contributed by atoms with Crippen molar-refractivity contribution in [3.63, 3.8) is 0 Å². The zero-order chi connectivity index (χ0) is 32.3. The first-order valence-corrected chi connectivity index (χ1v) is 15.2. The van der Waals surface area contributed by atoms with E-state index in [-0.39, 0.29) is 23.0 Å². The van der Waals surface area contributed by atoms with E-state index in [1.165, 1.54) is 17.7 Å². The van der Waals surface area contributed by atoms with Crippen LogP contribution in [0.3, 0.4) is 0 Å². The summed E-state index contributed by atoms with van der Waals surface area (Å²) in [6.45, 7) is 8.33. The van der Waals surface area contributed by atoms with Crippen LogP contribution in [0, 0.1) is 0 Å². The predicted molar refractivity (Wildman–Crippen MR) is 181 cm³/mol. The fourth-order valence-corrected chi connectivity index (χ4v) is 6.35. The summed E-state index contributed by atoms with van der Waals surface area (Å²) in [5.41, 5.74) is 6.06. The van der Waals surface area contributed by atoms with Crippen molar-refractivity contribution in [3.8, 4) is 39.9 Å². The lowest BCUT2D eigenvalue weighted by Crippen LogP contribution is -2.28. The van der Waals surface area contributed by atoms with Crippen molar-refractivity contribution in [3.05, 3.63) is 149 Å². The van der Waals surface area contributed by atoms with Gasteiger partial charge in [0.1, 0.15) is 5.75 Å². The average Bonchev–Trinajstić information content (AvgIpc) is 3.36. The number of aromatic hydroxyl groups is 5. The number of phenolic OH excluding ortho intramolecular Hbond substituents is 5. The second-order valence-electron chi connectivity index (χ2n) is 11.1. The van der Waals surface area contributed by atoms with Gasteiger partial charge in [0.15, 0.2) is 23.0 Å². The number of rotatable bonds is 3. The van der Waals surface area contributed by atoms with Crippen molar-refractivity contribution in [2.45, 2.75) is 39.0 Å². The molecule has 228 valence electrons. The molecule has 0 saturated carbocycles. The molecule has 0 bridgehead atoms. The highest BCUT2D eigenvalue weighted by Gasteiger charge is 2.46. The minimum Gasteiger partial charge on any atom is -0.507 e. The molecule has 0 aromatic heterocycles. The van der Waals surface area contributed by atoms with Crippen molar-refractivity contribution in [2.24, 2.45) is 0 Å². The molecule has 0 heterocycles. The van der Waals surface area contributed by atoms with Crippen LogP contribution in [0.4, 0.5) is 0 Å². The Morgan fingerprint density at radius 2 is 0.867 bits per heavy atom. The van der Waals surface area contributed by atoms with Gasteiger partial charge in [-0.05, 0) is 80.6 Å². The lowest BCUT2D eigenvalue weighted by molar-refractivity contribution is 0.401. The van der Waals surface area contributed by atoms with Gasteiger partial charge in [-0.15, -0.1) is 0 Å². The molecule has 6 aromatic rings. The Morgan fingerprint density at radius 3 is 1.33 bits per heavy atom. The molecule has 0 fully saturated rings. The summed E-state index contributed by atoms with van der Waals surface area (Å²) < 4.78 is 0. The molecular weight excluding hydrogens is 560 g/mol. The largest absolute Gasteiger partial charge is 0.507 e. The van der Waals surface area contributed by atoms with Crippen molar-refractivity contribution in [1.29, 1.82) is 0 Å². The number of fused-ring (bicyclic) bond motifs is 4. The van der Waals surface area contributed by atoms with Gasteiger partial charge in [0.2, 0.25) is 0 Å². The molecule has 0 aliphatic heterocycles. The van der Waals surface area contributed by atoms with Gasteiger partial charge in [-0.2, -0.15) is 0 Å². The average molecular weight is 599 g/mol. The first-order chi connectivity index (χ1) is 21.7. The maximum atomic E-state index is 10.3. The molecule has 0 saturated heterocycles. The van der Waals surface area contributed by atoms with Crippen molar-refractivity contribution >= 4 is 10.8 Å². The van der Waals surface area contributed by atoms with Crippen molar-refractivity contribution in [1.82, 2.24) is 0 Å². The topological polar surface area (TPSA) is 101 Å². The molecule has 0 spiro atoms. The van der Waals surface area contributed by atoms with Crippen LogP contribution in [0.2, 0.25) is 0 Å². The van der Waals surface area contributed by atoms with Crippen molar-refractivity contribution < 1.29 is 25.5 Å². The van der Waals surface area contributed by atoms with E-state index in [1.54, 1.807) is 30.3 Å². The summed E-state index contributed by atoms with van der Waals surface area (Å²) in [5.74, 6) is 0.0259. The number of phenols is 5. The minimum atomic E-state index is -0.830. The molecule has 1 aliphatic carbocycles. The lowest BCUT2D eigenvalue weighted by Gasteiger charge is -2.34. The summed E-state index contributed by atoms with van der Waals surface area (Å²) in [6.07, 6.45) is 0. The second-order valence-corrected chi connectivity index (χ2v) is 11.1. The minimum absolute atomic E-state index is 0.197. The van der Waals surface area contributed by atoms with Gasteiger partial charge >= 0.3 is 0 Å². The van der Waals surface area contributed by atoms with Gasteiger partial charge in [-0.3, -0.25) is 0 Å². The number of hydrogen-bond acceptors (Lipinski definition) is 5. The fourth-order valence-electron chi connectivity index (χ4n) is 6.35. The van der Waals surface area contributed by atoms with Gasteiger partial charge in [-0.25, -0.2) is 0 Å². The summed E-state index contributed by atoms with van der Waals surface area (Å²) in [7, 11) is 0. The summed E-state index contributed by atoms with van der Waals surface area (Å²) in [5, 5.41) is 52.1. The SMILES string of the molecule is CC.CC(C)c1ccc(O)c2ccccc12.Oc1ccc(C2(c3ccc(O)c(O)c3)c3ccccc3-c3ccccc32)cc1O. The smallest absolute Gasteiger partial charge is 0.157 e.